The summed E-state index contributed by atoms with van der Waals surface area (Å²) >= 11 is 5.68. The predicted molar refractivity (Wildman–Crippen MR) is 53.4 cm³/mol. The number of nitrogens with one attached hydrogen (secondary N) is 1. The van der Waals surface area contributed by atoms with E-state index in [4.69, 9.17) is 11.2 Å². The Hall–Kier alpha value is -0.790. The summed E-state index contributed by atoms with van der Waals surface area (Å²) in [7, 11) is 0. The molecule has 1 unspecified atom stereocenters. The molecule has 3 nitrogen and oxygen atoms in total. The van der Waals surface area contributed by atoms with Gasteiger partial charge < -0.3 is 0 Å². The molecular formula is C8H9ClNO2P. The zero-order valence-corrected chi connectivity index (χ0v) is 8.68. The topological polar surface area (TPSA) is 46.2 Å². The molecule has 0 aliphatic carbocycles. The van der Waals surface area contributed by atoms with Gasteiger partial charge in [0, 0.05) is 12.2 Å². The number of hydrogen-bond acceptors (Lipinski definition) is 2. The summed E-state index contributed by atoms with van der Waals surface area (Å²) in [5.41, 5.74) is 0. The standard InChI is InChI=1S/C8H9ClNO2P/c1-7(11)10-13(9,12)8-5-3-2-4-6-8/h2-6H,1H3,(H,10,11,12). The second-order valence-electron chi connectivity index (χ2n) is 2.54. The molecule has 1 aromatic rings. The lowest BCUT2D eigenvalue weighted by Crippen LogP contribution is -2.20. The van der Waals surface area contributed by atoms with Gasteiger partial charge in [0.15, 0.2) is 0 Å². The van der Waals surface area contributed by atoms with Crippen LogP contribution in [-0.2, 0) is 9.36 Å². The third kappa shape index (κ3) is 2.87. The molecule has 0 saturated carbocycles. The lowest BCUT2D eigenvalue weighted by molar-refractivity contribution is -0.117. The Kier molecular flexibility index (Phi) is 3.12. The van der Waals surface area contributed by atoms with Gasteiger partial charge in [-0.15, -0.1) is 0 Å². The van der Waals surface area contributed by atoms with Crippen LogP contribution >= 0.6 is 17.9 Å². The molecule has 1 N–H and O–H groups in total. The molecule has 0 radical (unpaired) electrons. The van der Waals surface area contributed by atoms with Gasteiger partial charge in [-0.1, -0.05) is 18.2 Å². The van der Waals surface area contributed by atoms with Crippen LogP contribution < -0.4 is 10.4 Å². The molecule has 0 aliphatic rings. The number of carbonyl (C=O) groups is 1. The van der Waals surface area contributed by atoms with Crippen LogP contribution in [0.5, 0.6) is 0 Å². The van der Waals surface area contributed by atoms with Crippen molar-refractivity contribution < 1.29 is 9.36 Å². The SMILES string of the molecule is CC(=O)NP(=O)(Cl)c1ccccc1. The van der Waals surface area contributed by atoms with Gasteiger partial charge in [0.1, 0.15) is 0 Å². The summed E-state index contributed by atoms with van der Waals surface area (Å²) in [6.45, 7) is -1.95. The van der Waals surface area contributed by atoms with E-state index in [9.17, 15) is 9.36 Å². The molecule has 0 bridgehead atoms. The maximum Gasteiger partial charge on any atom is 0.286 e. The monoisotopic (exact) mass is 217 g/mol. The highest BCUT2D eigenvalue weighted by Crippen LogP contribution is 2.44. The van der Waals surface area contributed by atoms with E-state index in [1.165, 1.54) is 6.92 Å². The second kappa shape index (κ2) is 3.95. The van der Waals surface area contributed by atoms with Gasteiger partial charge in [-0.2, -0.15) is 0 Å². The van der Waals surface area contributed by atoms with Gasteiger partial charge in [-0.25, -0.2) is 0 Å². The fraction of sp³-hybridized carbons (Fsp3) is 0.125. The van der Waals surface area contributed by atoms with Crippen molar-refractivity contribution in [1.29, 1.82) is 0 Å². The zero-order valence-electron chi connectivity index (χ0n) is 7.03. The summed E-state index contributed by atoms with van der Waals surface area (Å²) in [5.74, 6) is -0.401. The van der Waals surface area contributed by atoms with Crippen molar-refractivity contribution in [3.63, 3.8) is 0 Å². The molecule has 0 fully saturated rings. The van der Waals surface area contributed by atoms with E-state index in [-0.39, 0.29) is 0 Å². The molecule has 70 valence electrons. The average molecular weight is 218 g/mol. The quantitative estimate of drug-likeness (QED) is 0.769. The Morgan fingerprint density at radius 3 is 2.38 bits per heavy atom. The lowest BCUT2D eigenvalue weighted by atomic mass is 10.4. The first-order valence-electron chi connectivity index (χ1n) is 3.66. The van der Waals surface area contributed by atoms with E-state index in [2.05, 4.69) is 5.09 Å². The summed E-state index contributed by atoms with van der Waals surface area (Å²) in [4.78, 5) is 10.7. The molecule has 1 rings (SSSR count). The summed E-state index contributed by atoms with van der Waals surface area (Å²) in [6.07, 6.45) is 0. The van der Waals surface area contributed by atoms with Gasteiger partial charge in [-0.3, -0.25) is 14.4 Å². The molecule has 0 heterocycles. The van der Waals surface area contributed by atoms with E-state index < -0.39 is 12.6 Å². The first kappa shape index (κ1) is 10.3. The van der Waals surface area contributed by atoms with E-state index in [1.54, 1.807) is 30.3 Å². The maximum atomic E-state index is 11.7. The number of hydrogen-bond donors (Lipinski definition) is 1. The molecule has 1 aromatic carbocycles. The van der Waals surface area contributed by atoms with Crippen molar-refractivity contribution in [2.45, 2.75) is 6.92 Å². The molecule has 5 heteroatoms. The van der Waals surface area contributed by atoms with Crippen LogP contribution in [0.1, 0.15) is 6.92 Å². The molecule has 0 aromatic heterocycles. The second-order valence-corrected chi connectivity index (χ2v) is 5.77. The fourth-order valence-electron chi connectivity index (χ4n) is 0.887. The van der Waals surface area contributed by atoms with Crippen molar-refractivity contribution in [1.82, 2.24) is 5.09 Å². The van der Waals surface area contributed by atoms with Crippen molar-refractivity contribution in [2.75, 3.05) is 0 Å². The Morgan fingerprint density at radius 1 is 1.38 bits per heavy atom. The molecule has 0 spiro atoms. The molecule has 1 amide bonds. The van der Waals surface area contributed by atoms with Crippen molar-refractivity contribution in [2.24, 2.45) is 0 Å². The minimum Gasteiger partial charge on any atom is -0.292 e. The van der Waals surface area contributed by atoms with Gasteiger partial charge in [-0.05, 0) is 23.4 Å². The van der Waals surface area contributed by atoms with Crippen LogP contribution in [0.15, 0.2) is 30.3 Å². The Labute approximate surface area is 81.3 Å². The number of amides is 1. The van der Waals surface area contributed by atoms with Crippen LogP contribution in [0, 0.1) is 0 Å². The zero-order chi connectivity index (χ0) is 9.90. The van der Waals surface area contributed by atoms with Crippen molar-refractivity contribution in [3.8, 4) is 0 Å². The largest absolute Gasteiger partial charge is 0.292 e. The van der Waals surface area contributed by atoms with Gasteiger partial charge >= 0.3 is 0 Å². The first-order valence-corrected chi connectivity index (χ1v) is 6.28. The van der Waals surface area contributed by atoms with Crippen LogP contribution in [0.3, 0.4) is 0 Å². The molecular weight excluding hydrogens is 209 g/mol. The maximum absolute atomic E-state index is 11.7. The normalized spacial score (nSPS) is 14.6. The third-order valence-corrected chi connectivity index (χ3v) is 3.79. The highest BCUT2D eigenvalue weighted by Gasteiger charge is 2.21. The van der Waals surface area contributed by atoms with E-state index in [0.29, 0.717) is 5.30 Å². The first-order chi connectivity index (χ1) is 6.02. The Morgan fingerprint density at radius 2 is 1.92 bits per heavy atom. The minimum atomic E-state index is -3.23. The van der Waals surface area contributed by atoms with Crippen LogP contribution in [-0.4, -0.2) is 5.91 Å². The molecule has 0 aliphatic heterocycles. The smallest absolute Gasteiger partial charge is 0.286 e. The average Bonchev–Trinajstić information content (AvgIpc) is 2.04. The summed E-state index contributed by atoms with van der Waals surface area (Å²) in [5, 5.41) is 2.65. The van der Waals surface area contributed by atoms with Crippen molar-refractivity contribution >= 4 is 29.1 Å². The van der Waals surface area contributed by atoms with Gasteiger partial charge in [0.05, 0.1) is 0 Å². The van der Waals surface area contributed by atoms with E-state index >= 15 is 0 Å². The van der Waals surface area contributed by atoms with Crippen LogP contribution in [0.25, 0.3) is 0 Å². The third-order valence-electron chi connectivity index (χ3n) is 1.39. The number of benzene rings is 1. The number of rotatable bonds is 2. The molecule has 1 atom stereocenters. The summed E-state index contributed by atoms with van der Waals surface area (Å²) < 4.78 is 11.7. The van der Waals surface area contributed by atoms with E-state index in [0.717, 1.165) is 0 Å². The highest BCUT2D eigenvalue weighted by atomic mass is 35.7. The lowest BCUT2D eigenvalue weighted by Gasteiger charge is -2.10. The van der Waals surface area contributed by atoms with E-state index in [1.807, 2.05) is 0 Å². The minimum absolute atomic E-state index is 0.401. The van der Waals surface area contributed by atoms with Gasteiger partial charge in [0.2, 0.25) is 5.91 Å². The van der Waals surface area contributed by atoms with Crippen LogP contribution in [0.2, 0.25) is 0 Å². The van der Waals surface area contributed by atoms with Crippen molar-refractivity contribution in [3.05, 3.63) is 30.3 Å². The predicted octanol–water partition coefficient (Wildman–Crippen LogP) is 1.88. The Bertz CT molecular complexity index is 352. The fourth-order valence-corrected chi connectivity index (χ4v) is 2.67. The Balaban J connectivity index is 2.95. The number of carbonyl (C=O) groups excluding carboxylic acids is 1. The summed E-state index contributed by atoms with van der Waals surface area (Å²) in [6, 6.07) is 8.44. The molecule has 0 saturated heterocycles. The molecule has 13 heavy (non-hydrogen) atoms. The highest BCUT2D eigenvalue weighted by molar-refractivity contribution is 7.93. The van der Waals surface area contributed by atoms with Gasteiger partial charge in [0.25, 0.3) is 6.65 Å². The number of halogens is 1. The van der Waals surface area contributed by atoms with Crippen LogP contribution in [0.4, 0.5) is 0 Å².